The van der Waals surface area contributed by atoms with E-state index in [1.165, 1.54) is 6.07 Å². The van der Waals surface area contributed by atoms with Crippen LogP contribution in [0, 0.1) is 6.92 Å². The van der Waals surface area contributed by atoms with Crippen molar-refractivity contribution in [3.05, 3.63) is 59.2 Å². The van der Waals surface area contributed by atoms with Gasteiger partial charge in [-0.2, -0.15) is 0 Å². The number of primary amides is 1. The van der Waals surface area contributed by atoms with Gasteiger partial charge < -0.3 is 16.4 Å². The quantitative estimate of drug-likeness (QED) is 0.612. The van der Waals surface area contributed by atoms with Crippen molar-refractivity contribution < 1.29 is 18.0 Å². The largest absolute Gasteiger partial charge is 0.351 e. The molecule has 9 heteroatoms. The molecule has 0 aliphatic heterocycles. The lowest BCUT2D eigenvalue weighted by Crippen LogP contribution is -2.23. The van der Waals surface area contributed by atoms with Crippen molar-refractivity contribution in [2.24, 2.45) is 5.73 Å². The van der Waals surface area contributed by atoms with E-state index >= 15 is 0 Å². The van der Waals surface area contributed by atoms with Crippen LogP contribution in [0.5, 0.6) is 0 Å². The normalized spacial score (nSPS) is 10.8. The van der Waals surface area contributed by atoms with E-state index in [4.69, 9.17) is 5.73 Å². The second-order valence-electron chi connectivity index (χ2n) is 5.77. The van der Waals surface area contributed by atoms with Gasteiger partial charge in [-0.25, -0.2) is 13.2 Å². The number of hydrogen-bond donors (Lipinski definition) is 4. The van der Waals surface area contributed by atoms with Gasteiger partial charge in [0.05, 0.1) is 11.9 Å². The predicted octanol–water partition coefficient (Wildman–Crippen LogP) is 1.79. The second kappa shape index (κ2) is 7.87. The number of aryl methyl sites for hydroxylation is 1. The molecule has 0 fully saturated rings. The fraction of sp³-hybridized carbons (Fsp3) is 0.176. The summed E-state index contributed by atoms with van der Waals surface area (Å²) in [6.07, 6.45) is 1.05. The molecule has 0 bridgehead atoms. The topological polar surface area (TPSA) is 130 Å². The lowest BCUT2D eigenvalue weighted by molar-refractivity contribution is 0.0951. The first-order chi connectivity index (χ1) is 12.1. The Balaban J connectivity index is 2.03. The fourth-order valence-corrected chi connectivity index (χ4v) is 2.82. The fourth-order valence-electron chi connectivity index (χ4n) is 2.21. The van der Waals surface area contributed by atoms with Gasteiger partial charge in [0.25, 0.3) is 5.91 Å². The number of carbonyl (C=O) groups excluding carboxylic acids is 2. The van der Waals surface area contributed by atoms with Crippen molar-refractivity contribution in [3.63, 3.8) is 0 Å². The van der Waals surface area contributed by atoms with Crippen LogP contribution in [0.25, 0.3) is 0 Å². The minimum Gasteiger partial charge on any atom is -0.351 e. The molecular formula is C17H20N4O4S. The lowest BCUT2D eigenvalue weighted by Gasteiger charge is -2.11. The van der Waals surface area contributed by atoms with Crippen molar-refractivity contribution in [1.29, 1.82) is 0 Å². The first-order valence-electron chi connectivity index (χ1n) is 7.66. The van der Waals surface area contributed by atoms with Crippen molar-refractivity contribution in [2.75, 3.05) is 16.3 Å². The summed E-state index contributed by atoms with van der Waals surface area (Å²) in [4.78, 5) is 23.1. The minimum absolute atomic E-state index is 0.276. The monoisotopic (exact) mass is 376 g/mol. The number of rotatable bonds is 6. The number of sulfonamides is 1. The first kappa shape index (κ1) is 19.3. The Morgan fingerprint density at radius 1 is 1.08 bits per heavy atom. The summed E-state index contributed by atoms with van der Waals surface area (Å²) >= 11 is 0. The standard InChI is InChI=1S/C17H20N4O4S/c1-11-3-6-13(9-15(11)21-26(2,24)25)16(22)19-10-12-4-7-14(8-5-12)20-17(18)23/h3-9,21H,10H2,1-2H3,(H,19,22)(H3,18,20,23). The molecule has 8 nitrogen and oxygen atoms in total. The van der Waals surface area contributed by atoms with Crippen LogP contribution in [-0.4, -0.2) is 26.6 Å². The molecule has 2 rings (SSSR count). The highest BCUT2D eigenvalue weighted by molar-refractivity contribution is 7.92. The molecule has 2 aromatic carbocycles. The maximum atomic E-state index is 12.3. The van der Waals surface area contributed by atoms with Gasteiger partial charge in [0, 0.05) is 17.8 Å². The molecule has 0 heterocycles. The molecule has 138 valence electrons. The molecule has 5 N–H and O–H groups in total. The van der Waals surface area contributed by atoms with Gasteiger partial charge in [-0.1, -0.05) is 18.2 Å². The number of amides is 3. The second-order valence-corrected chi connectivity index (χ2v) is 7.52. The molecule has 0 aliphatic carbocycles. The van der Waals surface area contributed by atoms with E-state index < -0.39 is 16.1 Å². The van der Waals surface area contributed by atoms with Crippen LogP contribution in [0.1, 0.15) is 21.5 Å². The van der Waals surface area contributed by atoms with E-state index in [0.717, 1.165) is 11.8 Å². The zero-order valence-corrected chi connectivity index (χ0v) is 15.2. The molecule has 0 radical (unpaired) electrons. The highest BCUT2D eigenvalue weighted by Crippen LogP contribution is 2.18. The lowest BCUT2D eigenvalue weighted by atomic mass is 10.1. The third-order valence-electron chi connectivity index (χ3n) is 3.47. The molecule has 2 aromatic rings. The highest BCUT2D eigenvalue weighted by atomic mass is 32.2. The number of urea groups is 1. The molecule has 0 aliphatic rings. The Hall–Kier alpha value is -3.07. The van der Waals surface area contributed by atoms with Gasteiger partial charge in [0.1, 0.15) is 0 Å². The molecule has 3 amide bonds. The van der Waals surface area contributed by atoms with Crippen molar-refractivity contribution in [1.82, 2.24) is 5.32 Å². The van der Waals surface area contributed by atoms with Crippen molar-refractivity contribution in [3.8, 4) is 0 Å². The number of anilines is 2. The van der Waals surface area contributed by atoms with Gasteiger partial charge in [-0.05, 0) is 42.3 Å². The Labute approximate surface area is 151 Å². The summed E-state index contributed by atoms with van der Waals surface area (Å²) in [7, 11) is -3.43. The van der Waals surface area contributed by atoms with Crippen LogP contribution < -0.4 is 21.1 Å². The van der Waals surface area contributed by atoms with Gasteiger partial charge in [0.15, 0.2) is 0 Å². The van der Waals surface area contributed by atoms with Crippen LogP contribution in [0.3, 0.4) is 0 Å². The highest BCUT2D eigenvalue weighted by Gasteiger charge is 2.10. The average Bonchev–Trinajstić information content (AvgIpc) is 2.54. The molecule has 0 aromatic heterocycles. The van der Waals surface area contributed by atoms with Crippen LogP contribution in [-0.2, 0) is 16.6 Å². The number of carbonyl (C=O) groups is 2. The summed E-state index contributed by atoms with van der Waals surface area (Å²) in [5.74, 6) is -0.333. The molecular weight excluding hydrogens is 356 g/mol. The maximum Gasteiger partial charge on any atom is 0.316 e. The molecule has 0 atom stereocenters. The number of nitrogens with one attached hydrogen (secondary N) is 3. The van der Waals surface area contributed by atoms with E-state index in [-0.39, 0.29) is 12.5 Å². The van der Waals surface area contributed by atoms with E-state index in [2.05, 4.69) is 15.4 Å². The number of hydrogen-bond acceptors (Lipinski definition) is 4. The van der Waals surface area contributed by atoms with Crippen molar-refractivity contribution >= 4 is 33.3 Å². The van der Waals surface area contributed by atoms with Gasteiger partial charge >= 0.3 is 6.03 Å². The molecule has 0 saturated carbocycles. The average molecular weight is 376 g/mol. The Bertz CT molecular complexity index is 924. The number of benzene rings is 2. The SMILES string of the molecule is Cc1ccc(C(=O)NCc2ccc(NC(N)=O)cc2)cc1NS(C)(=O)=O. The van der Waals surface area contributed by atoms with Crippen LogP contribution in [0.15, 0.2) is 42.5 Å². The molecule has 0 saturated heterocycles. The van der Waals surface area contributed by atoms with Gasteiger partial charge in [-0.3, -0.25) is 9.52 Å². The molecule has 0 unspecified atom stereocenters. The Kier molecular flexibility index (Phi) is 5.83. The van der Waals surface area contributed by atoms with Crippen LogP contribution in [0.4, 0.5) is 16.2 Å². The molecule has 26 heavy (non-hydrogen) atoms. The third kappa shape index (κ3) is 5.78. The van der Waals surface area contributed by atoms with E-state index in [1.807, 2.05) is 0 Å². The van der Waals surface area contributed by atoms with Gasteiger partial charge in [0.2, 0.25) is 10.0 Å². The predicted molar refractivity (Wildman–Crippen MR) is 100 cm³/mol. The van der Waals surface area contributed by atoms with Crippen LogP contribution >= 0.6 is 0 Å². The van der Waals surface area contributed by atoms with E-state index in [0.29, 0.717) is 22.5 Å². The van der Waals surface area contributed by atoms with Crippen molar-refractivity contribution in [2.45, 2.75) is 13.5 Å². The minimum atomic E-state index is -3.43. The summed E-state index contributed by atoms with van der Waals surface area (Å²) in [6, 6.07) is 11.0. The molecule has 0 spiro atoms. The first-order valence-corrected chi connectivity index (χ1v) is 9.55. The smallest absolute Gasteiger partial charge is 0.316 e. The summed E-state index contributed by atoms with van der Waals surface area (Å²) in [5, 5.41) is 5.21. The van der Waals surface area contributed by atoms with Gasteiger partial charge in [-0.15, -0.1) is 0 Å². The van der Waals surface area contributed by atoms with E-state index in [9.17, 15) is 18.0 Å². The third-order valence-corrected chi connectivity index (χ3v) is 4.06. The number of nitrogens with two attached hydrogens (primary N) is 1. The Morgan fingerprint density at radius 3 is 2.31 bits per heavy atom. The zero-order chi connectivity index (χ0) is 19.3. The van der Waals surface area contributed by atoms with Crippen LogP contribution in [0.2, 0.25) is 0 Å². The Morgan fingerprint density at radius 2 is 1.73 bits per heavy atom. The summed E-state index contributed by atoms with van der Waals surface area (Å²) in [6.45, 7) is 2.02. The van der Waals surface area contributed by atoms with E-state index in [1.54, 1.807) is 43.3 Å². The zero-order valence-electron chi connectivity index (χ0n) is 14.4. The summed E-state index contributed by atoms with van der Waals surface area (Å²) < 4.78 is 25.2. The summed E-state index contributed by atoms with van der Waals surface area (Å²) in [5.41, 5.74) is 7.84. The maximum absolute atomic E-state index is 12.3.